The minimum absolute atomic E-state index is 0.664. The van der Waals surface area contributed by atoms with Crippen LogP contribution >= 0.6 is 0 Å². The largest absolute Gasteiger partial charge is 0.497 e. The van der Waals surface area contributed by atoms with E-state index in [1.165, 1.54) is 12.0 Å². The van der Waals surface area contributed by atoms with Gasteiger partial charge in [-0.25, -0.2) is 0 Å². The first-order chi connectivity index (χ1) is 9.29. The van der Waals surface area contributed by atoms with Crippen molar-refractivity contribution in [2.75, 3.05) is 40.3 Å². The van der Waals surface area contributed by atoms with Gasteiger partial charge < -0.3 is 20.3 Å². The lowest BCUT2D eigenvalue weighted by Crippen LogP contribution is -2.50. The van der Waals surface area contributed by atoms with Crippen molar-refractivity contribution < 1.29 is 4.74 Å². The van der Waals surface area contributed by atoms with Gasteiger partial charge in [0.05, 0.1) is 7.11 Å². The van der Waals surface area contributed by atoms with Gasteiger partial charge in [-0.05, 0) is 37.7 Å². The number of rotatable bonds is 6. The third-order valence-electron chi connectivity index (χ3n) is 3.79. The predicted molar refractivity (Wildman–Crippen MR) is 78.6 cm³/mol. The molecular formula is C15H25N3O. The van der Waals surface area contributed by atoms with Crippen LogP contribution in [0, 0.1) is 0 Å². The van der Waals surface area contributed by atoms with Crippen LogP contribution in [-0.2, 0) is 6.54 Å². The summed E-state index contributed by atoms with van der Waals surface area (Å²) in [6.07, 6.45) is 1.19. The molecule has 4 nitrogen and oxygen atoms in total. The molecule has 1 aromatic carbocycles. The third kappa shape index (κ3) is 4.49. The molecule has 19 heavy (non-hydrogen) atoms. The molecule has 0 aliphatic carbocycles. The van der Waals surface area contributed by atoms with Gasteiger partial charge in [-0.15, -0.1) is 0 Å². The average molecular weight is 263 g/mol. The molecule has 2 N–H and O–H groups in total. The second-order valence-electron chi connectivity index (χ2n) is 5.15. The highest BCUT2D eigenvalue weighted by molar-refractivity contribution is 5.26. The monoisotopic (exact) mass is 263 g/mol. The number of piperazine rings is 1. The summed E-state index contributed by atoms with van der Waals surface area (Å²) in [4.78, 5) is 2.45. The van der Waals surface area contributed by atoms with E-state index in [2.05, 4.69) is 34.7 Å². The SMILES string of the molecule is COc1ccc(CNCCC2CNCCN2C)cc1. The quantitative estimate of drug-likeness (QED) is 0.753. The Morgan fingerprint density at radius 2 is 2.16 bits per heavy atom. The van der Waals surface area contributed by atoms with E-state index in [4.69, 9.17) is 4.74 Å². The molecular weight excluding hydrogens is 238 g/mol. The smallest absolute Gasteiger partial charge is 0.118 e. The minimum atomic E-state index is 0.664. The summed E-state index contributed by atoms with van der Waals surface area (Å²) in [5.41, 5.74) is 1.30. The molecule has 1 fully saturated rings. The lowest BCUT2D eigenvalue weighted by atomic mass is 10.1. The molecule has 1 atom stereocenters. The Bertz CT molecular complexity index is 366. The van der Waals surface area contributed by atoms with Gasteiger partial charge in [-0.2, -0.15) is 0 Å². The Morgan fingerprint density at radius 1 is 1.37 bits per heavy atom. The minimum Gasteiger partial charge on any atom is -0.497 e. The van der Waals surface area contributed by atoms with Crippen molar-refractivity contribution in [3.8, 4) is 5.75 Å². The summed E-state index contributed by atoms with van der Waals surface area (Å²) in [5.74, 6) is 0.915. The average Bonchev–Trinajstić information content (AvgIpc) is 2.46. The van der Waals surface area contributed by atoms with Crippen molar-refractivity contribution in [3.05, 3.63) is 29.8 Å². The Hall–Kier alpha value is -1.10. The third-order valence-corrected chi connectivity index (χ3v) is 3.79. The highest BCUT2D eigenvalue weighted by atomic mass is 16.5. The summed E-state index contributed by atoms with van der Waals surface area (Å²) in [5, 5.41) is 6.96. The zero-order valence-electron chi connectivity index (χ0n) is 12.0. The maximum Gasteiger partial charge on any atom is 0.118 e. The van der Waals surface area contributed by atoms with Gasteiger partial charge in [-0.3, -0.25) is 0 Å². The van der Waals surface area contributed by atoms with E-state index < -0.39 is 0 Å². The summed E-state index contributed by atoms with van der Waals surface area (Å²) < 4.78 is 5.15. The van der Waals surface area contributed by atoms with Gasteiger partial charge in [0, 0.05) is 32.2 Å². The van der Waals surface area contributed by atoms with Crippen LogP contribution in [0.15, 0.2) is 24.3 Å². The molecule has 1 unspecified atom stereocenters. The number of nitrogens with one attached hydrogen (secondary N) is 2. The van der Waals surface area contributed by atoms with E-state index in [0.717, 1.165) is 38.5 Å². The van der Waals surface area contributed by atoms with E-state index in [9.17, 15) is 0 Å². The highest BCUT2D eigenvalue weighted by Gasteiger charge is 2.17. The normalized spacial score (nSPS) is 20.4. The molecule has 0 spiro atoms. The van der Waals surface area contributed by atoms with Gasteiger partial charge in [0.1, 0.15) is 5.75 Å². The fourth-order valence-corrected chi connectivity index (χ4v) is 2.43. The molecule has 1 aromatic rings. The van der Waals surface area contributed by atoms with Crippen molar-refractivity contribution in [2.45, 2.75) is 19.0 Å². The number of methoxy groups -OCH3 is 1. The van der Waals surface area contributed by atoms with Gasteiger partial charge in [0.15, 0.2) is 0 Å². The van der Waals surface area contributed by atoms with E-state index in [-0.39, 0.29) is 0 Å². The zero-order valence-corrected chi connectivity index (χ0v) is 12.0. The topological polar surface area (TPSA) is 36.5 Å². The molecule has 106 valence electrons. The van der Waals surface area contributed by atoms with Crippen LogP contribution in [0.1, 0.15) is 12.0 Å². The van der Waals surface area contributed by atoms with Crippen molar-refractivity contribution in [1.82, 2.24) is 15.5 Å². The molecule has 2 rings (SSSR count). The number of hydrogen-bond acceptors (Lipinski definition) is 4. The maximum absolute atomic E-state index is 5.15. The second kappa shape index (κ2) is 7.48. The summed E-state index contributed by atoms with van der Waals surface area (Å²) in [7, 11) is 3.91. The molecule has 0 aromatic heterocycles. The Morgan fingerprint density at radius 3 is 2.84 bits per heavy atom. The van der Waals surface area contributed by atoms with Gasteiger partial charge in [0.2, 0.25) is 0 Å². The fraction of sp³-hybridized carbons (Fsp3) is 0.600. The predicted octanol–water partition coefficient (Wildman–Crippen LogP) is 1.08. The van der Waals surface area contributed by atoms with Gasteiger partial charge in [0.25, 0.3) is 0 Å². The number of likely N-dealkylation sites (N-methyl/N-ethyl adjacent to an activating group) is 1. The molecule has 0 bridgehead atoms. The first-order valence-electron chi connectivity index (χ1n) is 7.04. The lowest BCUT2D eigenvalue weighted by molar-refractivity contribution is 0.189. The van der Waals surface area contributed by atoms with E-state index >= 15 is 0 Å². The maximum atomic E-state index is 5.15. The van der Waals surface area contributed by atoms with E-state index in [1.54, 1.807) is 7.11 Å². The number of nitrogens with zero attached hydrogens (tertiary/aromatic N) is 1. The Labute approximate surface area is 116 Å². The number of benzene rings is 1. The standard InChI is InChI=1S/C15H25N3O/c1-18-10-9-17-12-14(18)7-8-16-11-13-3-5-15(19-2)6-4-13/h3-6,14,16-17H,7-12H2,1-2H3. The number of hydrogen-bond donors (Lipinski definition) is 2. The van der Waals surface area contributed by atoms with Crippen LogP contribution in [0.25, 0.3) is 0 Å². The Balaban J connectivity index is 1.65. The first kappa shape index (κ1) is 14.3. The first-order valence-corrected chi connectivity index (χ1v) is 7.04. The van der Waals surface area contributed by atoms with Crippen LogP contribution in [0.2, 0.25) is 0 Å². The zero-order chi connectivity index (χ0) is 13.5. The molecule has 1 heterocycles. The molecule has 1 aliphatic heterocycles. The fourth-order valence-electron chi connectivity index (χ4n) is 2.43. The Kier molecular flexibility index (Phi) is 5.63. The molecule has 0 radical (unpaired) electrons. The summed E-state index contributed by atoms with van der Waals surface area (Å²) >= 11 is 0. The van der Waals surface area contributed by atoms with Crippen molar-refractivity contribution >= 4 is 0 Å². The van der Waals surface area contributed by atoms with Crippen LogP contribution in [-0.4, -0.2) is 51.3 Å². The van der Waals surface area contributed by atoms with Gasteiger partial charge >= 0.3 is 0 Å². The van der Waals surface area contributed by atoms with Crippen molar-refractivity contribution in [2.24, 2.45) is 0 Å². The van der Waals surface area contributed by atoms with Crippen molar-refractivity contribution in [3.63, 3.8) is 0 Å². The van der Waals surface area contributed by atoms with Crippen LogP contribution in [0.4, 0.5) is 0 Å². The molecule has 0 amide bonds. The highest BCUT2D eigenvalue weighted by Crippen LogP contribution is 2.11. The summed E-state index contributed by atoms with van der Waals surface area (Å²) in [6.45, 7) is 5.37. The van der Waals surface area contributed by atoms with Crippen LogP contribution < -0.4 is 15.4 Å². The lowest BCUT2D eigenvalue weighted by Gasteiger charge is -2.33. The molecule has 1 saturated heterocycles. The molecule has 0 saturated carbocycles. The van der Waals surface area contributed by atoms with Gasteiger partial charge in [-0.1, -0.05) is 12.1 Å². The second-order valence-corrected chi connectivity index (χ2v) is 5.15. The van der Waals surface area contributed by atoms with Crippen LogP contribution in [0.5, 0.6) is 5.75 Å². The molecule has 1 aliphatic rings. The number of ether oxygens (including phenoxy) is 1. The molecule has 4 heteroatoms. The summed E-state index contributed by atoms with van der Waals surface area (Å²) in [6, 6.07) is 8.91. The van der Waals surface area contributed by atoms with Crippen molar-refractivity contribution in [1.29, 1.82) is 0 Å². The van der Waals surface area contributed by atoms with Crippen LogP contribution in [0.3, 0.4) is 0 Å². The van der Waals surface area contributed by atoms with E-state index in [1.807, 2.05) is 12.1 Å². The van der Waals surface area contributed by atoms with E-state index in [0.29, 0.717) is 6.04 Å².